The Morgan fingerprint density at radius 3 is 1.84 bits per heavy atom. The predicted molar refractivity (Wildman–Crippen MR) is 99.1 cm³/mol. The molecule has 0 saturated carbocycles. The molecule has 5 heteroatoms. The van der Waals surface area contributed by atoms with Crippen LogP contribution in [0.3, 0.4) is 0 Å². The number of hydrogen-bond donors (Lipinski definition) is 1. The number of nitrogens with one attached hydrogen (secondary N) is 1. The van der Waals surface area contributed by atoms with Crippen LogP contribution in [0.4, 0.5) is 0 Å². The van der Waals surface area contributed by atoms with Crippen LogP contribution >= 0.6 is 0 Å². The summed E-state index contributed by atoms with van der Waals surface area (Å²) in [4.78, 5) is 0. The van der Waals surface area contributed by atoms with E-state index in [1.165, 1.54) is 5.56 Å². The fourth-order valence-corrected chi connectivity index (χ4v) is 3.11. The minimum atomic E-state index is 0.612. The van der Waals surface area contributed by atoms with E-state index >= 15 is 0 Å². The Morgan fingerprint density at radius 1 is 0.720 bits per heavy atom. The van der Waals surface area contributed by atoms with Crippen molar-refractivity contribution in [3.63, 3.8) is 0 Å². The number of benzene rings is 2. The van der Waals surface area contributed by atoms with Gasteiger partial charge in [0.1, 0.15) is 5.75 Å². The molecule has 1 N–H and O–H groups in total. The van der Waals surface area contributed by atoms with Crippen molar-refractivity contribution in [1.29, 1.82) is 0 Å². The Labute approximate surface area is 149 Å². The molecule has 0 bridgehead atoms. The van der Waals surface area contributed by atoms with Crippen LogP contribution in [0.25, 0.3) is 0 Å². The fourth-order valence-electron chi connectivity index (χ4n) is 3.11. The number of aryl methyl sites for hydroxylation is 2. The van der Waals surface area contributed by atoms with Gasteiger partial charge in [-0.3, -0.25) is 0 Å². The van der Waals surface area contributed by atoms with Gasteiger partial charge in [-0.05, 0) is 36.6 Å². The van der Waals surface area contributed by atoms with Gasteiger partial charge in [-0.1, -0.05) is 18.2 Å². The molecule has 0 radical (unpaired) electrons. The van der Waals surface area contributed by atoms with E-state index in [0.29, 0.717) is 23.8 Å². The zero-order valence-electron chi connectivity index (χ0n) is 15.9. The predicted octanol–water partition coefficient (Wildman–Crippen LogP) is 3.63. The molecular weight excluding hydrogens is 318 g/mol. The van der Waals surface area contributed by atoms with Crippen LogP contribution in [-0.2, 0) is 13.1 Å². The number of hydrogen-bond acceptors (Lipinski definition) is 5. The highest BCUT2D eigenvalue weighted by atomic mass is 16.5. The standard InChI is InChI=1S/C20H27NO4/c1-13-9-15(10-14(2)18(13)23-4)11-21-12-16-7-8-17(22-3)20(25-6)19(16)24-5/h7-10,21H,11-12H2,1-6H3. The lowest BCUT2D eigenvalue weighted by atomic mass is 10.1. The summed E-state index contributed by atoms with van der Waals surface area (Å²) in [5.41, 5.74) is 4.52. The number of methoxy groups -OCH3 is 4. The van der Waals surface area contributed by atoms with Crippen molar-refractivity contribution >= 4 is 0 Å². The van der Waals surface area contributed by atoms with E-state index in [-0.39, 0.29) is 0 Å². The fraction of sp³-hybridized carbons (Fsp3) is 0.400. The largest absolute Gasteiger partial charge is 0.496 e. The van der Waals surface area contributed by atoms with Gasteiger partial charge in [0.15, 0.2) is 11.5 Å². The second-order valence-electron chi connectivity index (χ2n) is 5.86. The molecule has 2 aromatic carbocycles. The SMILES string of the molecule is COc1ccc(CNCc2cc(C)c(OC)c(C)c2)c(OC)c1OC. The van der Waals surface area contributed by atoms with Crippen LogP contribution in [0.2, 0.25) is 0 Å². The normalized spacial score (nSPS) is 10.5. The molecule has 136 valence electrons. The Bertz CT molecular complexity index is 705. The Hall–Kier alpha value is -2.40. The highest BCUT2D eigenvalue weighted by Gasteiger charge is 2.15. The molecule has 0 atom stereocenters. The van der Waals surface area contributed by atoms with E-state index < -0.39 is 0 Å². The van der Waals surface area contributed by atoms with Gasteiger partial charge < -0.3 is 24.3 Å². The maximum Gasteiger partial charge on any atom is 0.203 e. The summed E-state index contributed by atoms with van der Waals surface area (Å²) in [5, 5.41) is 3.46. The van der Waals surface area contributed by atoms with Crippen LogP contribution < -0.4 is 24.3 Å². The molecule has 0 aromatic heterocycles. The van der Waals surface area contributed by atoms with Gasteiger partial charge in [0.2, 0.25) is 5.75 Å². The third-order valence-corrected chi connectivity index (χ3v) is 4.15. The summed E-state index contributed by atoms with van der Waals surface area (Å²) < 4.78 is 21.7. The van der Waals surface area contributed by atoms with E-state index in [9.17, 15) is 0 Å². The quantitative estimate of drug-likeness (QED) is 0.792. The maximum atomic E-state index is 5.52. The molecule has 2 aromatic rings. The summed E-state index contributed by atoms with van der Waals surface area (Å²) in [6.45, 7) is 5.54. The zero-order valence-corrected chi connectivity index (χ0v) is 15.9. The van der Waals surface area contributed by atoms with Crippen molar-refractivity contribution in [2.45, 2.75) is 26.9 Å². The zero-order chi connectivity index (χ0) is 18.4. The van der Waals surface area contributed by atoms with Crippen LogP contribution in [0.5, 0.6) is 23.0 Å². The lowest BCUT2D eigenvalue weighted by Gasteiger charge is -2.16. The Morgan fingerprint density at radius 2 is 1.32 bits per heavy atom. The summed E-state index contributed by atoms with van der Waals surface area (Å²) >= 11 is 0. The molecule has 0 amide bonds. The van der Waals surface area contributed by atoms with Gasteiger partial charge in [0, 0.05) is 18.7 Å². The molecule has 0 heterocycles. The van der Waals surface area contributed by atoms with Crippen molar-refractivity contribution in [2.24, 2.45) is 0 Å². The van der Waals surface area contributed by atoms with Crippen LogP contribution in [0.15, 0.2) is 24.3 Å². The van der Waals surface area contributed by atoms with E-state index in [0.717, 1.165) is 29.0 Å². The highest BCUT2D eigenvalue weighted by Crippen LogP contribution is 2.39. The molecule has 0 fully saturated rings. The average molecular weight is 345 g/mol. The van der Waals surface area contributed by atoms with Crippen molar-refractivity contribution in [1.82, 2.24) is 5.32 Å². The first kappa shape index (κ1) is 18.9. The van der Waals surface area contributed by atoms with E-state index in [4.69, 9.17) is 18.9 Å². The van der Waals surface area contributed by atoms with E-state index in [2.05, 4.69) is 31.3 Å². The van der Waals surface area contributed by atoms with Crippen LogP contribution in [0, 0.1) is 13.8 Å². The van der Waals surface area contributed by atoms with Gasteiger partial charge in [0.25, 0.3) is 0 Å². The van der Waals surface area contributed by atoms with Gasteiger partial charge in [-0.2, -0.15) is 0 Å². The molecule has 0 saturated heterocycles. The van der Waals surface area contributed by atoms with E-state index in [1.807, 2.05) is 12.1 Å². The lowest BCUT2D eigenvalue weighted by Crippen LogP contribution is -2.14. The second kappa shape index (κ2) is 8.62. The van der Waals surface area contributed by atoms with Gasteiger partial charge in [-0.25, -0.2) is 0 Å². The van der Waals surface area contributed by atoms with Gasteiger partial charge in [-0.15, -0.1) is 0 Å². The Balaban J connectivity index is 2.12. The van der Waals surface area contributed by atoms with Gasteiger partial charge in [0.05, 0.1) is 28.4 Å². The molecule has 5 nitrogen and oxygen atoms in total. The highest BCUT2D eigenvalue weighted by molar-refractivity contribution is 5.55. The minimum absolute atomic E-state index is 0.612. The summed E-state index contributed by atoms with van der Waals surface area (Å²) in [6, 6.07) is 8.16. The first-order valence-electron chi connectivity index (χ1n) is 8.18. The van der Waals surface area contributed by atoms with Crippen molar-refractivity contribution in [3.8, 4) is 23.0 Å². The first-order chi connectivity index (χ1) is 12.0. The maximum absolute atomic E-state index is 5.52. The molecule has 2 rings (SSSR count). The third kappa shape index (κ3) is 4.17. The number of ether oxygens (including phenoxy) is 4. The Kier molecular flexibility index (Phi) is 6.53. The van der Waals surface area contributed by atoms with E-state index in [1.54, 1.807) is 28.4 Å². The molecule has 0 aliphatic rings. The van der Waals surface area contributed by atoms with Crippen molar-refractivity contribution in [2.75, 3.05) is 28.4 Å². The molecule has 25 heavy (non-hydrogen) atoms. The first-order valence-corrected chi connectivity index (χ1v) is 8.18. The molecule has 0 aliphatic carbocycles. The van der Waals surface area contributed by atoms with Gasteiger partial charge >= 0.3 is 0 Å². The van der Waals surface area contributed by atoms with Crippen molar-refractivity contribution in [3.05, 3.63) is 46.5 Å². The molecular formula is C20H27NO4. The third-order valence-electron chi connectivity index (χ3n) is 4.15. The summed E-state index contributed by atoms with van der Waals surface area (Å²) in [7, 11) is 6.57. The lowest BCUT2D eigenvalue weighted by molar-refractivity contribution is 0.321. The summed E-state index contributed by atoms with van der Waals surface area (Å²) in [6.07, 6.45) is 0. The monoisotopic (exact) mass is 345 g/mol. The smallest absolute Gasteiger partial charge is 0.203 e. The minimum Gasteiger partial charge on any atom is -0.496 e. The number of rotatable bonds is 8. The second-order valence-corrected chi connectivity index (χ2v) is 5.86. The summed E-state index contributed by atoms with van der Waals surface area (Å²) in [5.74, 6) is 2.91. The van der Waals surface area contributed by atoms with Crippen molar-refractivity contribution < 1.29 is 18.9 Å². The van der Waals surface area contributed by atoms with Crippen LogP contribution in [-0.4, -0.2) is 28.4 Å². The molecule has 0 spiro atoms. The topological polar surface area (TPSA) is 49.0 Å². The molecule has 0 unspecified atom stereocenters. The molecule has 0 aliphatic heterocycles. The van der Waals surface area contributed by atoms with Crippen LogP contribution in [0.1, 0.15) is 22.3 Å². The average Bonchev–Trinajstić information content (AvgIpc) is 2.60.